The van der Waals surface area contributed by atoms with E-state index in [0.717, 1.165) is 50.4 Å². The highest BCUT2D eigenvalue weighted by Crippen LogP contribution is 2.30. The fourth-order valence-corrected chi connectivity index (χ4v) is 4.45. The Morgan fingerprint density at radius 3 is 2.50 bits per heavy atom. The van der Waals surface area contributed by atoms with Gasteiger partial charge in [-0.2, -0.15) is 22.8 Å². The molecule has 6 rings (SSSR count). The number of carboxylic acid groups (broad SMARTS) is 1. The fraction of sp³-hybridized carbons (Fsp3) is 0.320. The molecule has 0 unspecified atom stereocenters. The van der Waals surface area contributed by atoms with Crippen LogP contribution < -0.4 is 31.9 Å². The second-order valence-corrected chi connectivity index (χ2v) is 9.92. The topological polar surface area (TPSA) is 176 Å². The third-order valence-electron chi connectivity index (χ3n) is 6.30. The van der Waals surface area contributed by atoms with Crippen LogP contribution in [0.2, 0.25) is 5.02 Å². The quantitative estimate of drug-likeness (QED) is 0.196. The summed E-state index contributed by atoms with van der Waals surface area (Å²) >= 11 is 6.63. The Morgan fingerprint density at radius 2 is 1.90 bits per heavy atom. The highest BCUT2D eigenvalue weighted by Gasteiger charge is 2.38. The van der Waals surface area contributed by atoms with E-state index in [4.69, 9.17) is 31.5 Å². The zero-order chi connectivity index (χ0) is 30.0. The van der Waals surface area contributed by atoms with Gasteiger partial charge in [0.05, 0.1) is 22.9 Å². The van der Waals surface area contributed by atoms with Crippen molar-refractivity contribution in [1.82, 2.24) is 29.9 Å². The summed E-state index contributed by atoms with van der Waals surface area (Å²) in [5.74, 6) is -2.41. The Kier molecular flexibility index (Phi) is 8.08. The van der Waals surface area contributed by atoms with Gasteiger partial charge in [-0.1, -0.05) is 11.6 Å². The molecule has 42 heavy (non-hydrogen) atoms. The van der Waals surface area contributed by atoms with Gasteiger partial charge >= 0.3 is 17.8 Å². The van der Waals surface area contributed by atoms with E-state index in [1.54, 1.807) is 16.8 Å². The number of halogens is 4. The molecule has 1 saturated carbocycles. The van der Waals surface area contributed by atoms with Crippen LogP contribution in [0.3, 0.4) is 0 Å². The van der Waals surface area contributed by atoms with Crippen molar-refractivity contribution in [2.75, 3.05) is 36.4 Å². The SMILES string of the molecule is O=C(O)C(F)(F)F.O=c1[nH]c(O)c(/C=c2/cnn3c(=NC4CC4)cc(Nc4ccc(N5CCNCC5)c(Cl)c4)nc23)[nH]1. The van der Waals surface area contributed by atoms with Crippen LogP contribution >= 0.6 is 11.6 Å². The number of rotatable bonds is 5. The van der Waals surface area contributed by atoms with Gasteiger partial charge in [-0.05, 0) is 37.1 Å². The van der Waals surface area contributed by atoms with E-state index >= 15 is 0 Å². The highest BCUT2D eigenvalue weighted by atomic mass is 35.5. The number of alkyl halides is 3. The average Bonchev–Trinajstić information content (AvgIpc) is 3.57. The Labute approximate surface area is 239 Å². The van der Waals surface area contributed by atoms with Gasteiger partial charge in [0, 0.05) is 43.2 Å². The first-order valence-electron chi connectivity index (χ1n) is 12.8. The lowest BCUT2D eigenvalue weighted by atomic mass is 10.2. The van der Waals surface area contributed by atoms with Gasteiger partial charge in [0.25, 0.3) is 0 Å². The van der Waals surface area contributed by atoms with Gasteiger partial charge in [-0.15, -0.1) is 0 Å². The van der Waals surface area contributed by atoms with Gasteiger partial charge in [-0.25, -0.2) is 14.6 Å². The third-order valence-corrected chi connectivity index (χ3v) is 6.60. The number of anilines is 3. The van der Waals surface area contributed by atoms with Crippen molar-refractivity contribution in [3.63, 3.8) is 0 Å². The van der Waals surface area contributed by atoms with Crippen molar-refractivity contribution < 1.29 is 28.2 Å². The number of hydrogen-bond donors (Lipinski definition) is 6. The van der Waals surface area contributed by atoms with Crippen molar-refractivity contribution in [3.05, 3.63) is 62.4 Å². The number of aromatic amines is 2. The first-order chi connectivity index (χ1) is 20.0. The van der Waals surface area contributed by atoms with Crippen LogP contribution in [0.25, 0.3) is 11.7 Å². The molecule has 0 bridgehead atoms. The average molecular weight is 608 g/mol. The molecular weight excluding hydrogens is 583 g/mol. The number of H-pyrrole nitrogens is 2. The van der Waals surface area contributed by atoms with Crippen LogP contribution in [-0.4, -0.2) is 79.1 Å². The first kappa shape index (κ1) is 28.9. The van der Waals surface area contributed by atoms with Gasteiger partial charge < -0.3 is 30.7 Å². The molecule has 1 aliphatic carbocycles. The summed E-state index contributed by atoms with van der Waals surface area (Å²) in [5.41, 5.74) is 2.79. The fourth-order valence-electron chi connectivity index (χ4n) is 4.15. The van der Waals surface area contributed by atoms with Gasteiger partial charge in [-0.3, -0.25) is 9.98 Å². The summed E-state index contributed by atoms with van der Waals surface area (Å²) in [6.45, 7) is 3.71. The summed E-state index contributed by atoms with van der Waals surface area (Å²) in [4.78, 5) is 37.1. The van der Waals surface area contributed by atoms with E-state index < -0.39 is 17.8 Å². The number of imidazole rings is 1. The maximum atomic E-state index is 11.5. The van der Waals surface area contributed by atoms with Crippen molar-refractivity contribution in [1.29, 1.82) is 0 Å². The molecule has 17 heteroatoms. The minimum absolute atomic E-state index is 0.245. The number of nitrogens with zero attached hydrogens (tertiary/aromatic N) is 5. The second-order valence-electron chi connectivity index (χ2n) is 9.51. The molecule has 6 N–H and O–H groups in total. The van der Waals surface area contributed by atoms with E-state index in [0.29, 0.717) is 27.2 Å². The Morgan fingerprint density at radius 1 is 1.19 bits per heavy atom. The van der Waals surface area contributed by atoms with Crippen LogP contribution in [0, 0.1) is 0 Å². The molecule has 4 heterocycles. The van der Waals surface area contributed by atoms with Crippen LogP contribution in [0.5, 0.6) is 5.88 Å². The summed E-state index contributed by atoms with van der Waals surface area (Å²) < 4.78 is 33.4. The third kappa shape index (κ3) is 6.83. The number of fused-ring (bicyclic) bond motifs is 1. The van der Waals surface area contributed by atoms with Crippen LogP contribution in [-0.2, 0) is 4.79 Å². The lowest BCUT2D eigenvalue weighted by molar-refractivity contribution is -0.192. The zero-order valence-electron chi connectivity index (χ0n) is 21.7. The number of carbonyl (C=O) groups is 1. The number of piperazine rings is 1. The molecule has 13 nitrogen and oxygen atoms in total. The van der Waals surface area contributed by atoms with E-state index in [-0.39, 0.29) is 17.6 Å². The normalized spacial score (nSPS) is 16.4. The number of carboxylic acids is 1. The number of aliphatic carboxylic acids is 1. The van der Waals surface area contributed by atoms with Gasteiger partial charge in [0.2, 0.25) is 5.88 Å². The number of aromatic nitrogens is 5. The molecule has 2 aliphatic rings. The molecule has 1 saturated heterocycles. The summed E-state index contributed by atoms with van der Waals surface area (Å²) in [7, 11) is 0. The minimum Gasteiger partial charge on any atom is -0.493 e. The van der Waals surface area contributed by atoms with E-state index in [9.17, 15) is 23.1 Å². The lowest BCUT2D eigenvalue weighted by Crippen LogP contribution is -2.43. The maximum Gasteiger partial charge on any atom is 0.490 e. The summed E-state index contributed by atoms with van der Waals surface area (Å²) in [5, 5.41) is 29.5. The molecule has 222 valence electrons. The monoisotopic (exact) mass is 607 g/mol. The minimum atomic E-state index is -5.08. The number of benzene rings is 1. The van der Waals surface area contributed by atoms with E-state index in [2.05, 4.69) is 30.6 Å². The van der Waals surface area contributed by atoms with Crippen LogP contribution in [0.4, 0.5) is 30.4 Å². The maximum absolute atomic E-state index is 11.5. The Balaban J connectivity index is 0.000000451. The van der Waals surface area contributed by atoms with Crippen molar-refractivity contribution in [2.45, 2.75) is 25.1 Å². The molecule has 0 atom stereocenters. The van der Waals surface area contributed by atoms with Gasteiger partial charge in [0.1, 0.15) is 11.5 Å². The standard InChI is InChI=1S/C23H24ClN9O2.C2HF3O2/c24-16-10-15(3-4-18(16)32-7-5-25-6-8-32)27-19-11-20(28-14-1-2-14)33-21(30-19)13(12-26-33)9-17-22(34)31-23(35)29-17;3-2(4,5)1(6)7/h3-4,9-12,14,25,27,34H,1-2,5-8H2,(H2,29,31,35);(H,6,7)/b13-9-,28-20?;. The smallest absolute Gasteiger partial charge is 0.490 e. The Hall–Kier alpha value is -4.57. The van der Waals surface area contributed by atoms with Crippen molar-refractivity contribution in [2.24, 2.45) is 4.99 Å². The molecular formula is C25H25ClF3N9O4. The molecule has 1 aromatic carbocycles. The second kappa shape index (κ2) is 11.7. The molecule has 4 aromatic rings. The zero-order valence-corrected chi connectivity index (χ0v) is 22.5. The predicted octanol–water partition coefficient (Wildman–Crippen LogP) is 1.50. The number of nitrogens with one attached hydrogen (secondary N) is 4. The van der Waals surface area contributed by atoms with Crippen LogP contribution in [0.15, 0.2) is 40.2 Å². The highest BCUT2D eigenvalue weighted by molar-refractivity contribution is 6.33. The van der Waals surface area contributed by atoms with Crippen molar-refractivity contribution >= 4 is 46.5 Å². The summed E-state index contributed by atoms with van der Waals surface area (Å²) in [6.07, 6.45) is 0.261. The lowest BCUT2D eigenvalue weighted by Gasteiger charge is -2.30. The molecule has 0 radical (unpaired) electrons. The largest absolute Gasteiger partial charge is 0.493 e. The Bertz CT molecular complexity index is 1790. The molecule has 0 amide bonds. The molecule has 1 aliphatic heterocycles. The van der Waals surface area contributed by atoms with E-state index in [1.165, 1.54) is 0 Å². The molecule has 0 spiro atoms. The molecule has 3 aromatic heterocycles. The van der Waals surface area contributed by atoms with Crippen molar-refractivity contribution in [3.8, 4) is 5.88 Å². The van der Waals surface area contributed by atoms with Crippen LogP contribution in [0.1, 0.15) is 18.5 Å². The molecule has 2 fully saturated rings. The number of aromatic hydroxyl groups is 1. The summed E-state index contributed by atoms with van der Waals surface area (Å²) in [6, 6.07) is 8.04. The van der Waals surface area contributed by atoms with Gasteiger partial charge in [0.15, 0.2) is 11.1 Å². The van der Waals surface area contributed by atoms with E-state index in [1.807, 2.05) is 24.3 Å². The predicted molar refractivity (Wildman–Crippen MR) is 147 cm³/mol. The number of hydrogen-bond acceptors (Lipinski definition) is 9. The first-order valence-corrected chi connectivity index (χ1v) is 13.1.